The lowest BCUT2D eigenvalue weighted by Gasteiger charge is -2.32. The summed E-state index contributed by atoms with van der Waals surface area (Å²) in [7, 11) is -0.646. The summed E-state index contributed by atoms with van der Waals surface area (Å²) < 4.78 is 25.0. The second-order valence-electron chi connectivity index (χ2n) is 5.59. The molecular weight excluding hydrogens is 234 g/mol. The van der Waals surface area contributed by atoms with Crippen molar-refractivity contribution in [3.8, 4) is 0 Å². The first-order chi connectivity index (χ1) is 8.27. The predicted octanol–water partition coefficient (Wildman–Crippen LogP) is 1.62. The van der Waals surface area contributed by atoms with Crippen molar-refractivity contribution in [2.45, 2.75) is 45.5 Å². The van der Waals surface area contributed by atoms with Gasteiger partial charge in [0.25, 0.3) is 0 Å². The van der Waals surface area contributed by atoms with Crippen LogP contribution in [0.1, 0.15) is 33.3 Å². The second-order valence-corrected chi connectivity index (χ2v) is 5.59. The standard InChI is InChI=1S/C13H18BFO3/c1-12(2)13(3,4)18-14(17-12)11-7-10(15)6-5-9(11)8-16/h5-7,16H,8H2,1-4H3. The quantitative estimate of drug-likeness (QED) is 0.813. The molecule has 0 bridgehead atoms. The molecule has 1 heterocycles. The van der Waals surface area contributed by atoms with E-state index < -0.39 is 18.3 Å². The number of aliphatic hydroxyl groups is 1. The summed E-state index contributed by atoms with van der Waals surface area (Å²) in [6, 6.07) is 4.23. The summed E-state index contributed by atoms with van der Waals surface area (Å²) in [5, 5.41) is 9.30. The van der Waals surface area contributed by atoms with Gasteiger partial charge >= 0.3 is 7.12 Å². The molecule has 0 aliphatic carbocycles. The van der Waals surface area contributed by atoms with Gasteiger partial charge in [0.1, 0.15) is 5.82 Å². The third-order valence-corrected chi connectivity index (χ3v) is 3.79. The molecule has 0 aromatic heterocycles. The van der Waals surface area contributed by atoms with Gasteiger partial charge in [0.05, 0.1) is 17.8 Å². The van der Waals surface area contributed by atoms with Gasteiger partial charge in [-0.05, 0) is 50.9 Å². The Morgan fingerprint density at radius 2 is 1.72 bits per heavy atom. The summed E-state index contributed by atoms with van der Waals surface area (Å²) >= 11 is 0. The normalized spacial score (nSPS) is 21.3. The van der Waals surface area contributed by atoms with Crippen LogP contribution in [-0.4, -0.2) is 23.4 Å². The maximum absolute atomic E-state index is 13.3. The molecule has 0 spiro atoms. The van der Waals surface area contributed by atoms with Crippen molar-refractivity contribution >= 4 is 12.6 Å². The topological polar surface area (TPSA) is 38.7 Å². The average Bonchev–Trinajstić information content (AvgIpc) is 2.48. The molecule has 1 aliphatic rings. The molecule has 5 heteroatoms. The molecule has 18 heavy (non-hydrogen) atoms. The Morgan fingerprint density at radius 3 is 2.22 bits per heavy atom. The maximum Gasteiger partial charge on any atom is 0.495 e. The highest BCUT2D eigenvalue weighted by atomic mass is 19.1. The molecule has 1 N–H and O–H groups in total. The molecule has 3 nitrogen and oxygen atoms in total. The van der Waals surface area contributed by atoms with Gasteiger partial charge in [0, 0.05) is 0 Å². The fourth-order valence-corrected chi connectivity index (χ4v) is 1.90. The lowest BCUT2D eigenvalue weighted by molar-refractivity contribution is 0.00578. The summed E-state index contributed by atoms with van der Waals surface area (Å²) in [4.78, 5) is 0. The highest BCUT2D eigenvalue weighted by Gasteiger charge is 2.52. The zero-order valence-corrected chi connectivity index (χ0v) is 11.2. The number of aliphatic hydroxyl groups excluding tert-OH is 1. The van der Waals surface area contributed by atoms with Crippen LogP contribution in [0.5, 0.6) is 0 Å². The fraction of sp³-hybridized carbons (Fsp3) is 0.538. The first-order valence-corrected chi connectivity index (χ1v) is 6.02. The Balaban J connectivity index is 2.37. The highest BCUT2D eigenvalue weighted by Crippen LogP contribution is 2.36. The number of hydrogen-bond donors (Lipinski definition) is 1. The Morgan fingerprint density at radius 1 is 1.17 bits per heavy atom. The Kier molecular flexibility index (Phi) is 3.26. The molecule has 98 valence electrons. The van der Waals surface area contributed by atoms with Crippen LogP contribution in [0.3, 0.4) is 0 Å². The molecule has 0 saturated carbocycles. The van der Waals surface area contributed by atoms with E-state index >= 15 is 0 Å². The van der Waals surface area contributed by atoms with Gasteiger partial charge in [0.15, 0.2) is 0 Å². The largest absolute Gasteiger partial charge is 0.495 e. The fourth-order valence-electron chi connectivity index (χ4n) is 1.90. The first kappa shape index (κ1) is 13.5. The smallest absolute Gasteiger partial charge is 0.399 e. The van der Waals surface area contributed by atoms with Crippen molar-refractivity contribution in [3.05, 3.63) is 29.6 Å². The average molecular weight is 252 g/mol. The van der Waals surface area contributed by atoms with E-state index in [2.05, 4.69) is 0 Å². The van der Waals surface area contributed by atoms with Crippen LogP contribution in [0.2, 0.25) is 0 Å². The Bertz CT molecular complexity index is 444. The first-order valence-electron chi connectivity index (χ1n) is 6.02. The molecule has 0 amide bonds. The number of hydrogen-bond acceptors (Lipinski definition) is 3. The summed E-state index contributed by atoms with van der Waals surface area (Å²) in [6.07, 6.45) is 0. The van der Waals surface area contributed by atoms with Gasteiger partial charge < -0.3 is 14.4 Å². The Hall–Kier alpha value is -0.905. The van der Waals surface area contributed by atoms with Crippen LogP contribution < -0.4 is 5.46 Å². The van der Waals surface area contributed by atoms with Crippen LogP contribution in [0.4, 0.5) is 4.39 Å². The lowest BCUT2D eigenvalue weighted by Crippen LogP contribution is -2.41. The van der Waals surface area contributed by atoms with E-state index in [-0.39, 0.29) is 12.4 Å². The summed E-state index contributed by atoms with van der Waals surface area (Å²) in [5.74, 6) is -0.364. The van der Waals surface area contributed by atoms with E-state index in [4.69, 9.17) is 9.31 Å². The highest BCUT2D eigenvalue weighted by molar-refractivity contribution is 6.62. The molecule has 1 aromatic rings. The summed E-state index contributed by atoms with van der Waals surface area (Å²) in [6.45, 7) is 7.57. The van der Waals surface area contributed by atoms with Gasteiger partial charge in [-0.2, -0.15) is 0 Å². The molecule has 1 fully saturated rings. The molecule has 0 unspecified atom stereocenters. The molecular formula is C13H18BFO3. The molecule has 1 saturated heterocycles. The van der Waals surface area contributed by atoms with Crippen LogP contribution >= 0.6 is 0 Å². The lowest BCUT2D eigenvalue weighted by atomic mass is 9.76. The van der Waals surface area contributed by atoms with E-state index in [0.29, 0.717) is 11.0 Å². The van der Waals surface area contributed by atoms with Crippen LogP contribution in [-0.2, 0) is 15.9 Å². The third-order valence-electron chi connectivity index (χ3n) is 3.79. The molecule has 1 aliphatic heterocycles. The maximum atomic E-state index is 13.3. The van der Waals surface area contributed by atoms with E-state index in [0.717, 1.165) is 0 Å². The van der Waals surface area contributed by atoms with Crippen molar-refractivity contribution in [2.24, 2.45) is 0 Å². The monoisotopic (exact) mass is 252 g/mol. The minimum absolute atomic E-state index is 0.167. The zero-order chi connectivity index (χ0) is 13.6. The molecule has 1 aromatic carbocycles. The van der Waals surface area contributed by atoms with Gasteiger partial charge in [-0.15, -0.1) is 0 Å². The van der Waals surface area contributed by atoms with Crippen molar-refractivity contribution in [1.29, 1.82) is 0 Å². The van der Waals surface area contributed by atoms with Crippen molar-refractivity contribution in [3.63, 3.8) is 0 Å². The minimum Gasteiger partial charge on any atom is -0.399 e. The zero-order valence-electron chi connectivity index (χ0n) is 11.2. The van der Waals surface area contributed by atoms with Gasteiger partial charge in [-0.1, -0.05) is 6.07 Å². The van der Waals surface area contributed by atoms with Crippen molar-refractivity contribution < 1.29 is 18.8 Å². The SMILES string of the molecule is CC1(C)OB(c2cc(F)ccc2CO)OC1(C)C. The van der Waals surface area contributed by atoms with Crippen LogP contribution in [0, 0.1) is 5.82 Å². The minimum atomic E-state index is -0.646. The molecule has 2 rings (SSSR count). The second kappa shape index (κ2) is 4.33. The van der Waals surface area contributed by atoms with Gasteiger partial charge in [-0.3, -0.25) is 0 Å². The molecule has 0 radical (unpaired) electrons. The van der Waals surface area contributed by atoms with Crippen LogP contribution in [0.15, 0.2) is 18.2 Å². The number of rotatable bonds is 2. The van der Waals surface area contributed by atoms with Gasteiger partial charge in [0.2, 0.25) is 0 Å². The summed E-state index contributed by atoms with van der Waals surface area (Å²) in [5.41, 5.74) is 0.221. The van der Waals surface area contributed by atoms with Crippen molar-refractivity contribution in [2.75, 3.05) is 0 Å². The van der Waals surface area contributed by atoms with Crippen molar-refractivity contribution in [1.82, 2.24) is 0 Å². The van der Waals surface area contributed by atoms with E-state index in [1.54, 1.807) is 6.07 Å². The molecule has 0 atom stereocenters. The number of benzene rings is 1. The number of halogens is 1. The van der Waals surface area contributed by atoms with Gasteiger partial charge in [-0.25, -0.2) is 4.39 Å². The Labute approximate surface area is 107 Å². The van der Waals surface area contributed by atoms with E-state index in [9.17, 15) is 9.50 Å². The van der Waals surface area contributed by atoms with E-state index in [1.165, 1.54) is 12.1 Å². The third kappa shape index (κ3) is 2.18. The van der Waals surface area contributed by atoms with Crippen LogP contribution in [0.25, 0.3) is 0 Å². The predicted molar refractivity (Wildman–Crippen MR) is 68.0 cm³/mol. The van der Waals surface area contributed by atoms with E-state index in [1.807, 2.05) is 27.7 Å².